The van der Waals surface area contributed by atoms with Gasteiger partial charge in [0, 0.05) is 23.5 Å². The third-order valence-corrected chi connectivity index (χ3v) is 3.92. The zero-order chi connectivity index (χ0) is 16.6. The number of hydrogen-bond acceptors (Lipinski definition) is 6. The number of aliphatic hydroxyl groups is 1. The predicted molar refractivity (Wildman–Crippen MR) is 82.6 cm³/mol. The highest BCUT2D eigenvalue weighted by molar-refractivity contribution is 5.47. The molecule has 0 aliphatic heterocycles. The zero-order valence-electron chi connectivity index (χ0n) is 13.1. The molecule has 2 atom stereocenters. The van der Waals surface area contributed by atoms with Crippen LogP contribution in [0.1, 0.15) is 45.8 Å². The van der Waals surface area contributed by atoms with Crippen LogP contribution in [0.15, 0.2) is 12.4 Å². The van der Waals surface area contributed by atoms with E-state index in [4.69, 9.17) is 5.73 Å². The number of aromatic hydroxyl groups is 2. The molecule has 0 aliphatic rings. The smallest absolute Gasteiger partial charge is 0.142 e. The summed E-state index contributed by atoms with van der Waals surface area (Å²) in [7, 11) is 0. The van der Waals surface area contributed by atoms with Crippen LogP contribution in [0, 0.1) is 27.7 Å². The van der Waals surface area contributed by atoms with Gasteiger partial charge in [-0.1, -0.05) is 0 Å². The minimum atomic E-state index is -1.17. The Morgan fingerprint density at radius 1 is 0.864 bits per heavy atom. The molecule has 2 unspecified atom stereocenters. The molecule has 0 amide bonds. The highest BCUT2D eigenvalue weighted by Crippen LogP contribution is 2.39. The maximum Gasteiger partial charge on any atom is 0.142 e. The molecule has 0 radical (unpaired) electrons. The molecule has 0 spiro atoms. The molecular formula is C16H21N3O3. The van der Waals surface area contributed by atoms with Crippen LogP contribution in [0.2, 0.25) is 0 Å². The average Bonchev–Trinajstić information content (AvgIpc) is 2.47. The summed E-state index contributed by atoms with van der Waals surface area (Å²) in [4.78, 5) is 8.10. The number of pyridine rings is 2. The Labute approximate surface area is 129 Å². The Hall–Kier alpha value is -2.18. The quantitative estimate of drug-likeness (QED) is 0.688. The van der Waals surface area contributed by atoms with Gasteiger partial charge in [0.1, 0.15) is 17.6 Å². The van der Waals surface area contributed by atoms with Crippen LogP contribution in [-0.2, 0) is 0 Å². The predicted octanol–water partition coefficient (Wildman–Crippen LogP) is 1.85. The summed E-state index contributed by atoms with van der Waals surface area (Å²) in [5.74, 6) is -0.111. The lowest BCUT2D eigenvalue weighted by Gasteiger charge is -2.24. The van der Waals surface area contributed by atoms with E-state index in [-0.39, 0.29) is 11.5 Å². The number of aliphatic hydroxyl groups excluding tert-OH is 1. The lowest BCUT2D eigenvalue weighted by Crippen LogP contribution is -2.22. The monoisotopic (exact) mass is 303 g/mol. The van der Waals surface area contributed by atoms with Gasteiger partial charge < -0.3 is 21.1 Å². The fraction of sp³-hybridized carbons (Fsp3) is 0.375. The van der Waals surface area contributed by atoms with E-state index < -0.39 is 12.1 Å². The van der Waals surface area contributed by atoms with E-state index in [1.54, 1.807) is 40.1 Å². The average molecular weight is 303 g/mol. The molecule has 0 saturated carbocycles. The van der Waals surface area contributed by atoms with Crippen molar-refractivity contribution < 1.29 is 15.3 Å². The molecule has 2 rings (SSSR count). The van der Waals surface area contributed by atoms with Gasteiger partial charge in [-0.3, -0.25) is 9.97 Å². The highest BCUT2D eigenvalue weighted by atomic mass is 16.3. The van der Waals surface area contributed by atoms with Gasteiger partial charge >= 0.3 is 0 Å². The molecule has 0 aromatic carbocycles. The van der Waals surface area contributed by atoms with E-state index in [1.165, 1.54) is 0 Å². The maximum absolute atomic E-state index is 10.6. The molecular weight excluding hydrogens is 282 g/mol. The standard InChI is InChI=1S/C16H21N3O3/c1-7-5-18-9(3)14(20)11(7)13(17)16(22)12-8(2)6-19-10(4)15(12)21/h5-6,13,16,20-22H,17H2,1-4H3. The molecule has 2 aromatic rings. The third-order valence-electron chi connectivity index (χ3n) is 3.92. The second kappa shape index (κ2) is 5.90. The molecule has 2 aromatic heterocycles. The van der Waals surface area contributed by atoms with Gasteiger partial charge in [-0.25, -0.2) is 0 Å². The molecule has 2 heterocycles. The number of hydrogen-bond donors (Lipinski definition) is 4. The first-order valence-electron chi connectivity index (χ1n) is 6.99. The molecule has 118 valence electrons. The minimum Gasteiger partial charge on any atom is -0.506 e. The summed E-state index contributed by atoms with van der Waals surface area (Å²) >= 11 is 0. The van der Waals surface area contributed by atoms with Crippen molar-refractivity contribution in [3.63, 3.8) is 0 Å². The number of nitrogens with zero attached hydrogens (tertiary/aromatic N) is 2. The largest absolute Gasteiger partial charge is 0.506 e. The van der Waals surface area contributed by atoms with E-state index in [2.05, 4.69) is 9.97 Å². The molecule has 0 bridgehead atoms. The van der Waals surface area contributed by atoms with Crippen molar-refractivity contribution in [1.29, 1.82) is 0 Å². The van der Waals surface area contributed by atoms with Gasteiger partial charge in [0.25, 0.3) is 0 Å². The van der Waals surface area contributed by atoms with Gasteiger partial charge in [0.15, 0.2) is 0 Å². The Morgan fingerprint density at radius 2 is 1.27 bits per heavy atom. The SMILES string of the molecule is Cc1cnc(C)c(O)c1C(N)C(O)c1c(C)cnc(C)c1O. The van der Waals surface area contributed by atoms with Crippen LogP contribution in [0.25, 0.3) is 0 Å². The van der Waals surface area contributed by atoms with E-state index in [0.717, 1.165) is 0 Å². The van der Waals surface area contributed by atoms with Gasteiger partial charge in [-0.15, -0.1) is 0 Å². The van der Waals surface area contributed by atoms with Crippen molar-refractivity contribution >= 4 is 0 Å². The van der Waals surface area contributed by atoms with Gasteiger partial charge in [0.2, 0.25) is 0 Å². The summed E-state index contributed by atoms with van der Waals surface area (Å²) < 4.78 is 0. The van der Waals surface area contributed by atoms with Gasteiger partial charge in [0.05, 0.1) is 17.4 Å². The van der Waals surface area contributed by atoms with Crippen LogP contribution in [0.4, 0.5) is 0 Å². The lowest BCUT2D eigenvalue weighted by molar-refractivity contribution is 0.141. The van der Waals surface area contributed by atoms with Crippen LogP contribution < -0.4 is 5.73 Å². The Bertz CT molecular complexity index is 655. The molecule has 0 aliphatic carbocycles. The molecule has 5 N–H and O–H groups in total. The Kier molecular flexibility index (Phi) is 4.35. The van der Waals surface area contributed by atoms with E-state index >= 15 is 0 Å². The van der Waals surface area contributed by atoms with E-state index in [9.17, 15) is 15.3 Å². The first-order chi connectivity index (χ1) is 10.3. The molecule has 0 fully saturated rings. The van der Waals surface area contributed by atoms with Gasteiger partial charge in [-0.2, -0.15) is 0 Å². The first-order valence-corrected chi connectivity index (χ1v) is 6.99. The summed E-state index contributed by atoms with van der Waals surface area (Å²) in [6.45, 7) is 6.81. The first kappa shape index (κ1) is 16.2. The zero-order valence-corrected chi connectivity index (χ0v) is 13.1. The molecule has 22 heavy (non-hydrogen) atoms. The Morgan fingerprint density at radius 3 is 1.77 bits per heavy atom. The molecule has 6 heteroatoms. The number of nitrogens with two attached hydrogens (primary N) is 1. The van der Waals surface area contributed by atoms with Crippen molar-refractivity contribution in [3.05, 3.63) is 46.0 Å². The maximum atomic E-state index is 10.6. The van der Waals surface area contributed by atoms with Crippen molar-refractivity contribution in [2.45, 2.75) is 39.8 Å². The molecule has 6 nitrogen and oxygen atoms in total. The second-order valence-corrected chi connectivity index (χ2v) is 5.55. The van der Waals surface area contributed by atoms with Crippen LogP contribution >= 0.6 is 0 Å². The fourth-order valence-electron chi connectivity index (χ4n) is 2.54. The number of rotatable bonds is 3. The fourth-order valence-corrected chi connectivity index (χ4v) is 2.54. The summed E-state index contributed by atoms with van der Waals surface area (Å²) in [6, 6.07) is -0.895. The lowest BCUT2D eigenvalue weighted by atomic mass is 9.91. The minimum absolute atomic E-state index is 0.0329. The number of aromatic nitrogens is 2. The summed E-state index contributed by atoms with van der Waals surface area (Å²) in [6.07, 6.45) is 2.00. The second-order valence-electron chi connectivity index (χ2n) is 5.55. The number of aryl methyl sites for hydroxylation is 4. The van der Waals surface area contributed by atoms with Crippen LogP contribution in [0.3, 0.4) is 0 Å². The van der Waals surface area contributed by atoms with Crippen molar-refractivity contribution in [3.8, 4) is 11.5 Å². The highest BCUT2D eigenvalue weighted by Gasteiger charge is 2.28. The third kappa shape index (κ3) is 2.63. The van der Waals surface area contributed by atoms with Crippen molar-refractivity contribution in [2.75, 3.05) is 0 Å². The topological polar surface area (TPSA) is 112 Å². The van der Waals surface area contributed by atoms with Crippen molar-refractivity contribution in [1.82, 2.24) is 9.97 Å². The summed E-state index contributed by atoms with van der Waals surface area (Å²) in [5, 5.41) is 31.0. The Balaban J connectivity index is 2.54. The van der Waals surface area contributed by atoms with Gasteiger partial charge in [-0.05, 0) is 38.8 Å². The molecule has 0 saturated heterocycles. The van der Waals surface area contributed by atoms with E-state index in [0.29, 0.717) is 33.6 Å². The van der Waals surface area contributed by atoms with E-state index in [1.807, 2.05) is 0 Å². The normalized spacial score (nSPS) is 13.9. The van der Waals surface area contributed by atoms with Crippen LogP contribution in [-0.4, -0.2) is 25.3 Å². The van der Waals surface area contributed by atoms with Crippen LogP contribution in [0.5, 0.6) is 11.5 Å². The van der Waals surface area contributed by atoms with Crippen molar-refractivity contribution in [2.24, 2.45) is 5.73 Å². The summed E-state index contributed by atoms with van der Waals surface area (Å²) in [5.41, 5.74) is 9.08.